The first kappa shape index (κ1) is 19.7. The second kappa shape index (κ2) is 8.02. The highest BCUT2D eigenvalue weighted by atomic mass is 16.5. The number of aliphatic hydroxyl groups excluding tert-OH is 1. The van der Waals surface area contributed by atoms with Gasteiger partial charge in [0.25, 0.3) is 0 Å². The van der Waals surface area contributed by atoms with Crippen molar-refractivity contribution in [3.8, 4) is 17.6 Å². The Hall–Kier alpha value is -2.61. The van der Waals surface area contributed by atoms with E-state index in [1.807, 2.05) is 32.0 Å². The Kier molecular flexibility index (Phi) is 5.45. The van der Waals surface area contributed by atoms with Gasteiger partial charge in [-0.1, -0.05) is 0 Å². The zero-order chi connectivity index (χ0) is 20.5. The third-order valence-corrected chi connectivity index (χ3v) is 5.92. The molecule has 156 valence electrons. The number of aliphatic hydroxyl groups is 1. The zero-order valence-corrected chi connectivity index (χ0v) is 17.3. The molecule has 1 aliphatic carbocycles. The van der Waals surface area contributed by atoms with Crippen molar-refractivity contribution in [1.29, 1.82) is 0 Å². The van der Waals surface area contributed by atoms with Crippen LogP contribution in [0.2, 0.25) is 0 Å². The Morgan fingerprint density at radius 1 is 1.00 bits per heavy atom. The van der Waals surface area contributed by atoms with Gasteiger partial charge in [0.15, 0.2) is 0 Å². The van der Waals surface area contributed by atoms with Crippen LogP contribution in [0.15, 0.2) is 18.2 Å². The molecule has 29 heavy (non-hydrogen) atoms. The highest BCUT2D eigenvalue weighted by Gasteiger charge is 2.43. The lowest BCUT2D eigenvalue weighted by Crippen LogP contribution is -2.42. The summed E-state index contributed by atoms with van der Waals surface area (Å²) in [5.74, 6) is 2.83. The molecule has 1 saturated carbocycles. The second-order valence-corrected chi connectivity index (χ2v) is 7.91. The maximum absolute atomic E-state index is 10.7. The van der Waals surface area contributed by atoms with Crippen molar-refractivity contribution in [2.24, 2.45) is 11.8 Å². The first-order chi connectivity index (χ1) is 14.0. The Balaban J connectivity index is 1.47. The number of pyridine rings is 1. The number of ether oxygens (including phenoxy) is 3. The van der Waals surface area contributed by atoms with Gasteiger partial charge in [0.1, 0.15) is 17.7 Å². The summed E-state index contributed by atoms with van der Waals surface area (Å²) in [7, 11) is 3.12. The predicted octanol–water partition coefficient (Wildman–Crippen LogP) is 2.16. The Labute approximate surface area is 170 Å². The molecule has 0 amide bonds. The number of fused-ring (bicyclic) bond motifs is 1. The van der Waals surface area contributed by atoms with E-state index in [1.165, 1.54) is 0 Å². The maximum Gasteiger partial charge on any atom is 0.321 e. The molecular formula is C21H28N4O4. The molecule has 0 unspecified atom stereocenters. The van der Waals surface area contributed by atoms with Crippen LogP contribution >= 0.6 is 0 Å². The fraction of sp³-hybridized carbons (Fsp3) is 0.571. The molecule has 4 rings (SSSR count). The normalized spacial score (nSPS) is 26.2. The molecule has 1 aliphatic heterocycles. The number of hydrogen-bond donors (Lipinski definition) is 1. The number of aryl methyl sites for hydroxylation is 2. The van der Waals surface area contributed by atoms with Gasteiger partial charge in [-0.25, -0.2) is 0 Å². The molecule has 4 atom stereocenters. The summed E-state index contributed by atoms with van der Waals surface area (Å²) in [6, 6.07) is 5.99. The third-order valence-electron chi connectivity index (χ3n) is 5.92. The van der Waals surface area contributed by atoms with Crippen molar-refractivity contribution < 1.29 is 19.3 Å². The Morgan fingerprint density at radius 2 is 1.76 bits per heavy atom. The molecule has 8 heteroatoms. The van der Waals surface area contributed by atoms with E-state index >= 15 is 0 Å². The highest BCUT2D eigenvalue weighted by Crippen LogP contribution is 2.40. The van der Waals surface area contributed by atoms with Gasteiger partial charge in [0.2, 0.25) is 5.88 Å². The van der Waals surface area contributed by atoms with Crippen LogP contribution in [-0.2, 0) is 0 Å². The summed E-state index contributed by atoms with van der Waals surface area (Å²) in [5, 5.41) is 10.7. The van der Waals surface area contributed by atoms with Crippen molar-refractivity contribution in [1.82, 2.24) is 15.0 Å². The first-order valence-corrected chi connectivity index (χ1v) is 9.97. The maximum atomic E-state index is 10.7. The minimum Gasteiger partial charge on any atom is -0.486 e. The van der Waals surface area contributed by atoms with E-state index in [4.69, 9.17) is 14.2 Å². The zero-order valence-electron chi connectivity index (χ0n) is 17.3. The van der Waals surface area contributed by atoms with Gasteiger partial charge >= 0.3 is 6.01 Å². The predicted molar refractivity (Wildman–Crippen MR) is 108 cm³/mol. The first-order valence-electron chi connectivity index (χ1n) is 9.97. The van der Waals surface area contributed by atoms with Gasteiger partial charge in [-0.2, -0.15) is 9.97 Å². The van der Waals surface area contributed by atoms with Crippen LogP contribution < -0.4 is 19.1 Å². The second-order valence-electron chi connectivity index (χ2n) is 7.91. The van der Waals surface area contributed by atoms with Crippen LogP contribution in [0.3, 0.4) is 0 Å². The van der Waals surface area contributed by atoms with Gasteiger partial charge < -0.3 is 24.2 Å². The minimum absolute atomic E-state index is 0.228. The van der Waals surface area contributed by atoms with E-state index in [0.717, 1.165) is 42.5 Å². The van der Waals surface area contributed by atoms with Gasteiger partial charge in [-0.15, -0.1) is 0 Å². The number of anilines is 1. The van der Waals surface area contributed by atoms with Crippen molar-refractivity contribution in [3.05, 3.63) is 29.6 Å². The van der Waals surface area contributed by atoms with Crippen molar-refractivity contribution in [3.63, 3.8) is 0 Å². The van der Waals surface area contributed by atoms with Crippen LogP contribution in [0, 0.1) is 25.7 Å². The van der Waals surface area contributed by atoms with Gasteiger partial charge in [0, 0.05) is 24.8 Å². The van der Waals surface area contributed by atoms with E-state index in [-0.39, 0.29) is 12.1 Å². The van der Waals surface area contributed by atoms with E-state index in [2.05, 4.69) is 19.9 Å². The topological polar surface area (TPSA) is 89.8 Å². The average molecular weight is 400 g/mol. The van der Waals surface area contributed by atoms with E-state index in [0.29, 0.717) is 24.1 Å². The van der Waals surface area contributed by atoms with Crippen molar-refractivity contribution in [2.75, 3.05) is 32.2 Å². The third kappa shape index (κ3) is 4.07. The van der Waals surface area contributed by atoms with E-state index < -0.39 is 6.10 Å². The summed E-state index contributed by atoms with van der Waals surface area (Å²) >= 11 is 0. The minimum atomic E-state index is -0.494. The number of nitrogens with zero attached hydrogens (tertiary/aromatic N) is 4. The molecular weight excluding hydrogens is 372 g/mol. The lowest BCUT2D eigenvalue weighted by atomic mass is 9.78. The summed E-state index contributed by atoms with van der Waals surface area (Å²) in [4.78, 5) is 15.3. The molecule has 1 saturated heterocycles. The van der Waals surface area contributed by atoms with Crippen LogP contribution in [0.25, 0.3) is 0 Å². The summed E-state index contributed by atoms with van der Waals surface area (Å²) in [6.45, 7) is 5.59. The molecule has 0 spiro atoms. The van der Waals surface area contributed by atoms with Crippen LogP contribution in [0.5, 0.6) is 17.6 Å². The molecule has 2 aromatic rings. The summed E-state index contributed by atoms with van der Waals surface area (Å²) in [5.41, 5.74) is 1.81. The average Bonchev–Trinajstić information content (AvgIpc) is 3.12. The smallest absolute Gasteiger partial charge is 0.321 e. The van der Waals surface area contributed by atoms with E-state index in [1.54, 1.807) is 14.2 Å². The summed E-state index contributed by atoms with van der Waals surface area (Å²) in [6.07, 6.45) is 0.790. The van der Waals surface area contributed by atoms with Crippen molar-refractivity contribution >= 4 is 5.82 Å². The number of aromatic nitrogens is 3. The molecule has 2 aromatic heterocycles. The molecule has 0 aromatic carbocycles. The molecule has 1 N–H and O–H groups in total. The fourth-order valence-electron chi connectivity index (χ4n) is 4.42. The number of hydrogen-bond acceptors (Lipinski definition) is 8. The number of methoxy groups -OCH3 is 2. The van der Waals surface area contributed by atoms with Gasteiger partial charge in [0.05, 0.1) is 26.0 Å². The van der Waals surface area contributed by atoms with Gasteiger partial charge in [-0.3, -0.25) is 4.98 Å². The SMILES string of the molecule is COc1cc(N2C[C@H]3C[C@@H](Oc4ccc(C)nc4C)[C@H](O)C[C@H]3C2)nc(OC)n1. The molecule has 8 nitrogen and oxygen atoms in total. The van der Waals surface area contributed by atoms with Crippen molar-refractivity contribution in [2.45, 2.75) is 38.9 Å². The lowest BCUT2D eigenvalue weighted by Gasteiger charge is -2.35. The Morgan fingerprint density at radius 3 is 2.45 bits per heavy atom. The molecule has 0 bridgehead atoms. The van der Waals surface area contributed by atoms with Crippen LogP contribution in [-0.4, -0.2) is 59.6 Å². The quantitative estimate of drug-likeness (QED) is 0.817. The standard InChI is InChI=1S/C21H28N4O4/c1-12-5-6-17(13(2)22-12)29-18-8-15-11-25(10-14(15)7-16(18)26)19-9-20(27-3)24-21(23-19)28-4/h5-6,9,14-16,18,26H,7-8,10-11H2,1-4H3/t14-,15+,16+,18+/m0/s1. The molecule has 2 aliphatic rings. The van der Waals surface area contributed by atoms with Crippen LogP contribution in [0.4, 0.5) is 5.82 Å². The molecule has 2 fully saturated rings. The molecule has 0 radical (unpaired) electrons. The Bertz CT molecular complexity index is 856. The number of rotatable bonds is 5. The largest absolute Gasteiger partial charge is 0.486 e. The molecule has 3 heterocycles. The van der Waals surface area contributed by atoms with Gasteiger partial charge in [-0.05, 0) is 50.7 Å². The summed E-state index contributed by atoms with van der Waals surface area (Å²) < 4.78 is 16.7. The fourth-order valence-corrected chi connectivity index (χ4v) is 4.42. The highest BCUT2D eigenvalue weighted by molar-refractivity contribution is 5.44. The van der Waals surface area contributed by atoms with E-state index in [9.17, 15) is 5.11 Å². The monoisotopic (exact) mass is 400 g/mol. The lowest BCUT2D eigenvalue weighted by molar-refractivity contribution is -0.0236. The van der Waals surface area contributed by atoms with Crippen LogP contribution in [0.1, 0.15) is 24.2 Å².